The number of amides is 1. The number of nitrogens with zero attached hydrogens (tertiary/aromatic N) is 2. The molecule has 6 nitrogen and oxygen atoms in total. The average Bonchev–Trinajstić information content (AvgIpc) is 2.54. The molecule has 1 N–H and O–H groups in total. The summed E-state index contributed by atoms with van der Waals surface area (Å²) in [7, 11) is -2.36. The van der Waals surface area contributed by atoms with Crippen molar-refractivity contribution < 1.29 is 13.2 Å². The Bertz CT molecular complexity index is 885. The Labute approximate surface area is 155 Å². The van der Waals surface area contributed by atoms with E-state index in [1.54, 1.807) is 36.5 Å². The third kappa shape index (κ3) is 4.89. The molecule has 1 amide bonds. The number of rotatable bonds is 5. The van der Waals surface area contributed by atoms with Crippen LogP contribution in [0.5, 0.6) is 0 Å². The number of carbonyl (C=O) groups excluding carboxylic acids is 1. The molecule has 0 aliphatic carbocycles. The molecule has 0 saturated heterocycles. The van der Waals surface area contributed by atoms with E-state index in [0.717, 1.165) is 15.4 Å². The van der Waals surface area contributed by atoms with Gasteiger partial charge in [0.25, 0.3) is 0 Å². The Morgan fingerprint density at radius 1 is 1.15 bits per heavy atom. The molecule has 26 heavy (non-hydrogen) atoms. The molecular formula is C19H25N3O3S. The first-order valence-corrected chi connectivity index (χ1v) is 9.73. The third-order valence-electron chi connectivity index (χ3n) is 3.98. The molecular weight excluding hydrogens is 350 g/mol. The van der Waals surface area contributed by atoms with E-state index in [2.05, 4.69) is 31.1 Å². The molecule has 0 atom stereocenters. The summed E-state index contributed by atoms with van der Waals surface area (Å²) in [5.74, 6) is -0.0455. The quantitative estimate of drug-likeness (QED) is 0.871. The van der Waals surface area contributed by atoms with Crippen molar-refractivity contribution in [2.45, 2.75) is 38.0 Å². The summed E-state index contributed by atoms with van der Waals surface area (Å²) in [4.78, 5) is 16.3. The van der Waals surface area contributed by atoms with E-state index in [4.69, 9.17) is 0 Å². The van der Waals surface area contributed by atoms with E-state index in [-0.39, 0.29) is 16.9 Å². The molecule has 0 bridgehead atoms. The van der Waals surface area contributed by atoms with Gasteiger partial charge in [0.15, 0.2) is 0 Å². The van der Waals surface area contributed by atoms with Gasteiger partial charge in [-0.25, -0.2) is 13.4 Å². The summed E-state index contributed by atoms with van der Waals surface area (Å²) in [6.07, 6.45) is 1.59. The molecule has 0 spiro atoms. The monoisotopic (exact) mass is 375 g/mol. The van der Waals surface area contributed by atoms with Crippen molar-refractivity contribution in [2.24, 2.45) is 0 Å². The summed E-state index contributed by atoms with van der Waals surface area (Å²) in [6.45, 7) is 7.78. The maximum absolute atomic E-state index is 12.7. The minimum Gasteiger partial charge on any atom is -0.310 e. The summed E-state index contributed by atoms with van der Waals surface area (Å²) < 4.78 is 26.4. The standard InChI is InChI=1S/C19H25N3O3S/c1-14-10-11-20-17(12-14)21-18(23)13-22(5)26(24,25)16-8-6-15(7-9-16)19(2,3)4/h6-12H,13H2,1-5H3,(H,20,21,23). The number of aromatic nitrogens is 1. The average molecular weight is 375 g/mol. The van der Waals surface area contributed by atoms with Gasteiger partial charge in [0.05, 0.1) is 11.4 Å². The molecule has 1 aromatic carbocycles. The van der Waals surface area contributed by atoms with Crippen molar-refractivity contribution >= 4 is 21.7 Å². The Hall–Kier alpha value is -2.25. The normalized spacial score (nSPS) is 12.2. The molecule has 0 aliphatic rings. The van der Waals surface area contributed by atoms with Gasteiger partial charge < -0.3 is 5.32 Å². The number of carbonyl (C=O) groups is 1. The summed E-state index contributed by atoms with van der Waals surface area (Å²) >= 11 is 0. The number of pyridine rings is 1. The molecule has 1 aromatic heterocycles. The van der Waals surface area contributed by atoms with Crippen LogP contribution in [-0.4, -0.2) is 37.2 Å². The van der Waals surface area contributed by atoms with Crippen molar-refractivity contribution in [2.75, 3.05) is 18.9 Å². The molecule has 0 radical (unpaired) electrons. The van der Waals surface area contributed by atoms with Crippen molar-refractivity contribution in [3.63, 3.8) is 0 Å². The number of likely N-dealkylation sites (N-methyl/N-ethyl adjacent to an activating group) is 1. The lowest BCUT2D eigenvalue weighted by Crippen LogP contribution is -2.35. The molecule has 2 aromatic rings. The zero-order valence-corrected chi connectivity index (χ0v) is 16.6. The number of hydrogen-bond donors (Lipinski definition) is 1. The van der Waals surface area contributed by atoms with Gasteiger partial charge in [-0.15, -0.1) is 0 Å². The molecule has 0 saturated carbocycles. The Balaban J connectivity index is 2.09. The fourth-order valence-corrected chi connectivity index (χ4v) is 3.51. The van der Waals surface area contributed by atoms with Gasteiger partial charge in [-0.1, -0.05) is 32.9 Å². The van der Waals surface area contributed by atoms with Crippen LogP contribution in [0.4, 0.5) is 5.82 Å². The summed E-state index contributed by atoms with van der Waals surface area (Å²) in [5.41, 5.74) is 1.94. The smallest absolute Gasteiger partial charge is 0.243 e. The van der Waals surface area contributed by atoms with E-state index in [1.165, 1.54) is 7.05 Å². The Kier molecular flexibility index (Phi) is 5.83. The second-order valence-corrected chi connectivity index (χ2v) is 9.35. The van der Waals surface area contributed by atoms with Gasteiger partial charge in [-0.3, -0.25) is 4.79 Å². The van der Waals surface area contributed by atoms with Crippen LogP contribution in [0.25, 0.3) is 0 Å². The summed E-state index contributed by atoms with van der Waals surface area (Å²) in [6, 6.07) is 10.3. The molecule has 7 heteroatoms. The van der Waals surface area contributed by atoms with Crippen molar-refractivity contribution in [1.82, 2.24) is 9.29 Å². The zero-order valence-electron chi connectivity index (χ0n) is 15.8. The molecule has 2 rings (SSSR count). The summed E-state index contributed by atoms with van der Waals surface area (Å²) in [5, 5.41) is 2.61. The lowest BCUT2D eigenvalue weighted by molar-refractivity contribution is -0.116. The molecule has 0 unspecified atom stereocenters. The first kappa shape index (κ1) is 20.1. The lowest BCUT2D eigenvalue weighted by atomic mass is 9.87. The van der Waals surface area contributed by atoms with Gasteiger partial charge in [0.2, 0.25) is 15.9 Å². The minimum atomic E-state index is -3.74. The number of hydrogen-bond acceptors (Lipinski definition) is 4. The predicted molar refractivity (Wildman–Crippen MR) is 103 cm³/mol. The molecule has 0 aliphatic heterocycles. The van der Waals surface area contributed by atoms with Gasteiger partial charge in [0.1, 0.15) is 5.82 Å². The SMILES string of the molecule is Cc1ccnc(NC(=O)CN(C)S(=O)(=O)c2ccc(C(C)(C)C)cc2)c1. The van der Waals surface area contributed by atoms with Crippen LogP contribution in [0.1, 0.15) is 31.9 Å². The van der Waals surface area contributed by atoms with Crippen LogP contribution in [0, 0.1) is 6.92 Å². The van der Waals surface area contributed by atoms with E-state index < -0.39 is 15.9 Å². The van der Waals surface area contributed by atoms with Crippen molar-refractivity contribution in [1.29, 1.82) is 0 Å². The third-order valence-corrected chi connectivity index (χ3v) is 5.80. The molecule has 1 heterocycles. The van der Waals surface area contributed by atoms with Gasteiger partial charge in [-0.2, -0.15) is 4.31 Å². The Morgan fingerprint density at radius 3 is 2.31 bits per heavy atom. The second kappa shape index (κ2) is 7.55. The van der Waals surface area contributed by atoms with Crippen molar-refractivity contribution in [3.05, 3.63) is 53.7 Å². The predicted octanol–water partition coefficient (Wildman–Crippen LogP) is 2.95. The molecule has 140 valence electrons. The largest absolute Gasteiger partial charge is 0.310 e. The van der Waals surface area contributed by atoms with Crippen LogP contribution in [0.15, 0.2) is 47.5 Å². The first-order valence-electron chi connectivity index (χ1n) is 8.29. The first-order chi connectivity index (χ1) is 12.0. The maximum atomic E-state index is 12.7. The fourth-order valence-electron chi connectivity index (χ4n) is 2.38. The highest BCUT2D eigenvalue weighted by atomic mass is 32.2. The molecule has 0 fully saturated rings. The maximum Gasteiger partial charge on any atom is 0.243 e. The number of anilines is 1. The zero-order chi connectivity index (χ0) is 19.5. The van der Waals surface area contributed by atoms with Crippen LogP contribution >= 0.6 is 0 Å². The highest BCUT2D eigenvalue weighted by Crippen LogP contribution is 2.24. The topological polar surface area (TPSA) is 79.4 Å². The van der Waals surface area contributed by atoms with Crippen LogP contribution in [-0.2, 0) is 20.2 Å². The number of nitrogens with one attached hydrogen (secondary N) is 1. The van der Waals surface area contributed by atoms with Gasteiger partial charge >= 0.3 is 0 Å². The van der Waals surface area contributed by atoms with Gasteiger partial charge in [0, 0.05) is 13.2 Å². The minimum absolute atomic E-state index is 0.0606. The van der Waals surface area contributed by atoms with Crippen LogP contribution < -0.4 is 5.32 Å². The highest BCUT2D eigenvalue weighted by Gasteiger charge is 2.24. The Morgan fingerprint density at radius 2 is 1.77 bits per heavy atom. The second-order valence-electron chi connectivity index (χ2n) is 7.30. The highest BCUT2D eigenvalue weighted by molar-refractivity contribution is 7.89. The number of benzene rings is 1. The van der Waals surface area contributed by atoms with Crippen molar-refractivity contribution in [3.8, 4) is 0 Å². The van der Waals surface area contributed by atoms with E-state index in [9.17, 15) is 13.2 Å². The van der Waals surface area contributed by atoms with Crippen LogP contribution in [0.3, 0.4) is 0 Å². The van der Waals surface area contributed by atoms with Gasteiger partial charge in [-0.05, 0) is 47.7 Å². The fraction of sp³-hybridized carbons (Fsp3) is 0.368. The van der Waals surface area contributed by atoms with E-state index in [0.29, 0.717) is 5.82 Å². The van der Waals surface area contributed by atoms with E-state index >= 15 is 0 Å². The van der Waals surface area contributed by atoms with E-state index in [1.807, 2.05) is 13.0 Å². The number of sulfonamides is 1. The number of aryl methyl sites for hydroxylation is 1. The lowest BCUT2D eigenvalue weighted by Gasteiger charge is -2.20. The van der Waals surface area contributed by atoms with Crippen LogP contribution in [0.2, 0.25) is 0 Å².